The van der Waals surface area contributed by atoms with Gasteiger partial charge in [-0.2, -0.15) is 0 Å². The van der Waals surface area contributed by atoms with Crippen LogP contribution in [-0.2, 0) is 14.3 Å². The van der Waals surface area contributed by atoms with E-state index in [-0.39, 0.29) is 28.8 Å². The number of methoxy groups -OCH3 is 1. The molecule has 3 saturated carbocycles. The Balaban J connectivity index is 1.81. The van der Waals surface area contributed by atoms with Crippen LogP contribution in [-0.4, -0.2) is 30.1 Å². The smallest absolute Gasteiger partial charge is 0.305 e. The van der Waals surface area contributed by atoms with Gasteiger partial charge in [0.1, 0.15) is 5.78 Å². The molecule has 0 aliphatic heterocycles. The van der Waals surface area contributed by atoms with E-state index in [1.807, 2.05) is 6.92 Å². The second-order valence-corrected chi connectivity index (χ2v) is 11.3. The average Bonchev–Trinajstić information content (AvgIpc) is 3.09. The lowest BCUT2D eigenvalue weighted by molar-refractivity contribution is -0.141. The zero-order chi connectivity index (χ0) is 22.1. The number of rotatable bonds is 7. The number of aliphatic hydroxyl groups excluding tert-OH is 1. The van der Waals surface area contributed by atoms with E-state index in [2.05, 4.69) is 20.8 Å². The number of Topliss-reactive ketones (excluding diaryl/α,β-unsaturated/α-hetero) is 1. The number of carbonyl (C=O) groups excluding carboxylic acids is 2. The van der Waals surface area contributed by atoms with Gasteiger partial charge in [0.15, 0.2) is 0 Å². The summed E-state index contributed by atoms with van der Waals surface area (Å²) < 4.78 is 4.86. The van der Waals surface area contributed by atoms with Gasteiger partial charge in [-0.1, -0.05) is 27.7 Å². The fourth-order valence-corrected chi connectivity index (χ4v) is 7.86. The third-order valence-electron chi connectivity index (χ3n) is 9.77. The summed E-state index contributed by atoms with van der Waals surface area (Å²) in [6, 6.07) is 0. The third kappa shape index (κ3) is 4.36. The molecule has 0 heterocycles. The van der Waals surface area contributed by atoms with Gasteiger partial charge in [-0.05, 0) is 92.3 Å². The van der Waals surface area contributed by atoms with Gasteiger partial charge in [0.2, 0.25) is 0 Å². The molecule has 2 unspecified atom stereocenters. The molecule has 0 spiro atoms. The number of ether oxygens (including phenoxy) is 1. The van der Waals surface area contributed by atoms with Crippen molar-refractivity contribution in [3.8, 4) is 0 Å². The van der Waals surface area contributed by atoms with Gasteiger partial charge in [-0.15, -0.1) is 0 Å². The Bertz CT molecular complexity index is 621. The molecule has 4 nitrogen and oxygen atoms in total. The number of carbonyl (C=O) groups is 2. The number of ketones is 1. The molecule has 0 bridgehead atoms. The minimum Gasteiger partial charge on any atom is -0.469 e. The van der Waals surface area contributed by atoms with Gasteiger partial charge in [0.05, 0.1) is 13.2 Å². The zero-order valence-corrected chi connectivity index (χ0v) is 19.9. The molecule has 3 rings (SSSR count). The molecule has 30 heavy (non-hydrogen) atoms. The SMILES string of the molecule is CCC(=O)[C@H]1C2CC[C@H]([C@H](C)CCC(=O)OC)[C@@]2(C)CCC1[C@]1(C)CC[C@H](O)CC1. The lowest BCUT2D eigenvalue weighted by Crippen LogP contribution is -2.51. The topological polar surface area (TPSA) is 63.6 Å². The van der Waals surface area contributed by atoms with Gasteiger partial charge < -0.3 is 9.84 Å². The second kappa shape index (κ2) is 9.30. The molecule has 0 aromatic heterocycles. The number of esters is 1. The zero-order valence-electron chi connectivity index (χ0n) is 19.9. The van der Waals surface area contributed by atoms with E-state index in [9.17, 15) is 14.7 Å². The molecule has 0 amide bonds. The standard InChI is InChI=1S/C26H44O4/c1-6-22(28)24-20(25(3)14-11-18(27)12-15-25)13-16-26(4)19(8-9-21(24)26)17(2)7-10-23(29)30-5/h17-21,24,27H,6-16H2,1-5H3/t17-,18-,19-,20?,21?,24-,25+,26-/m1/s1. The first-order chi connectivity index (χ1) is 14.2. The van der Waals surface area contributed by atoms with Crippen LogP contribution in [0, 0.1) is 40.4 Å². The fraction of sp³-hybridized carbons (Fsp3) is 0.923. The lowest BCUT2D eigenvalue weighted by Gasteiger charge is -2.55. The molecule has 0 saturated heterocycles. The van der Waals surface area contributed by atoms with Crippen LogP contribution in [0.3, 0.4) is 0 Å². The molecule has 3 aliphatic rings. The van der Waals surface area contributed by atoms with Crippen molar-refractivity contribution in [2.45, 2.75) is 104 Å². The Morgan fingerprint density at radius 1 is 1.03 bits per heavy atom. The van der Waals surface area contributed by atoms with E-state index in [1.165, 1.54) is 20.0 Å². The van der Waals surface area contributed by atoms with E-state index in [1.54, 1.807) is 0 Å². The molecular formula is C26H44O4. The lowest BCUT2D eigenvalue weighted by atomic mass is 9.49. The highest BCUT2D eigenvalue weighted by Crippen LogP contribution is 2.64. The van der Waals surface area contributed by atoms with E-state index in [0.29, 0.717) is 42.3 Å². The molecule has 6 atom stereocenters. The minimum atomic E-state index is -0.154. The first kappa shape index (κ1) is 23.8. The van der Waals surface area contributed by atoms with E-state index < -0.39 is 0 Å². The van der Waals surface area contributed by atoms with Crippen molar-refractivity contribution >= 4 is 11.8 Å². The molecule has 0 radical (unpaired) electrons. The molecule has 3 aliphatic carbocycles. The predicted octanol–water partition coefficient (Wildman–Crippen LogP) is 5.55. The summed E-state index contributed by atoms with van der Waals surface area (Å²) in [6.45, 7) is 9.17. The van der Waals surface area contributed by atoms with E-state index in [4.69, 9.17) is 4.74 Å². The largest absolute Gasteiger partial charge is 0.469 e. The number of aliphatic hydroxyl groups is 1. The van der Waals surface area contributed by atoms with E-state index >= 15 is 0 Å². The number of fused-ring (bicyclic) bond motifs is 1. The summed E-state index contributed by atoms with van der Waals surface area (Å²) in [5.41, 5.74) is 0.386. The van der Waals surface area contributed by atoms with Crippen LogP contribution in [0.25, 0.3) is 0 Å². The van der Waals surface area contributed by atoms with Crippen molar-refractivity contribution in [2.75, 3.05) is 7.11 Å². The molecule has 0 aromatic rings. The van der Waals surface area contributed by atoms with Crippen LogP contribution in [0.4, 0.5) is 0 Å². The summed E-state index contributed by atoms with van der Waals surface area (Å²) in [5, 5.41) is 10.1. The summed E-state index contributed by atoms with van der Waals surface area (Å²) in [4.78, 5) is 25.0. The third-order valence-corrected chi connectivity index (χ3v) is 9.77. The van der Waals surface area contributed by atoms with Crippen LogP contribution in [0.15, 0.2) is 0 Å². The van der Waals surface area contributed by atoms with Crippen molar-refractivity contribution in [3.63, 3.8) is 0 Å². The highest BCUT2D eigenvalue weighted by molar-refractivity contribution is 5.81. The van der Waals surface area contributed by atoms with Crippen LogP contribution in [0.5, 0.6) is 0 Å². The predicted molar refractivity (Wildman–Crippen MR) is 119 cm³/mol. The van der Waals surface area contributed by atoms with Gasteiger partial charge in [0, 0.05) is 18.8 Å². The van der Waals surface area contributed by atoms with Crippen molar-refractivity contribution in [3.05, 3.63) is 0 Å². The van der Waals surface area contributed by atoms with Crippen LogP contribution >= 0.6 is 0 Å². The highest BCUT2D eigenvalue weighted by Gasteiger charge is 2.59. The normalized spacial score (nSPS) is 42.4. The average molecular weight is 421 g/mol. The second-order valence-electron chi connectivity index (χ2n) is 11.3. The first-order valence-electron chi connectivity index (χ1n) is 12.4. The summed E-state index contributed by atoms with van der Waals surface area (Å²) >= 11 is 0. The number of hydrogen-bond acceptors (Lipinski definition) is 4. The van der Waals surface area contributed by atoms with Gasteiger partial charge >= 0.3 is 5.97 Å². The van der Waals surface area contributed by atoms with Gasteiger partial charge in [-0.3, -0.25) is 9.59 Å². The Morgan fingerprint density at radius 3 is 2.30 bits per heavy atom. The van der Waals surface area contributed by atoms with E-state index in [0.717, 1.165) is 44.9 Å². The highest BCUT2D eigenvalue weighted by atomic mass is 16.5. The number of hydrogen-bond donors (Lipinski definition) is 1. The molecule has 3 fully saturated rings. The maximum absolute atomic E-state index is 13.3. The first-order valence-corrected chi connectivity index (χ1v) is 12.4. The summed E-state index contributed by atoms with van der Waals surface area (Å²) in [6.07, 6.45) is 10.4. The van der Waals surface area contributed by atoms with Crippen molar-refractivity contribution in [2.24, 2.45) is 40.4 Å². The van der Waals surface area contributed by atoms with Gasteiger partial charge in [-0.25, -0.2) is 0 Å². The quantitative estimate of drug-likeness (QED) is 0.548. The Morgan fingerprint density at radius 2 is 1.70 bits per heavy atom. The maximum Gasteiger partial charge on any atom is 0.305 e. The monoisotopic (exact) mass is 420 g/mol. The van der Waals surface area contributed by atoms with Crippen LogP contribution < -0.4 is 0 Å². The van der Waals surface area contributed by atoms with Crippen molar-refractivity contribution in [1.82, 2.24) is 0 Å². The summed E-state index contributed by atoms with van der Waals surface area (Å²) in [7, 11) is 1.47. The minimum absolute atomic E-state index is 0.114. The fourth-order valence-electron chi connectivity index (χ4n) is 7.86. The van der Waals surface area contributed by atoms with Crippen molar-refractivity contribution < 1.29 is 19.4 Å². The Labute approximate surface area is 183 Å². The van der Waals surface area contributed by atoms with Crippen LogP contribution in [0.2, 0.25) is 0 Å². The molecular weight excluding hydrogens is 376 g/mol. The van der Waals surface area contributed by atoms with Gasteiger partial charge in [0.25, 0.3) is 0 Å². The molecule has 172 valence electrons. The molecule has 1 N–H and O–H groups in total. The molecule has 0 aromatic carbocycles. The maximum atomic E-state index is 13.3. The van der Waals surface area contributed by atoms with Crippen molar-refractivity contribution in [1.29, 1.82) is 0 Å². The summed E-state index contributed by atoms with van der Waals surface area (Å²) in [5.74, 6) is 2.52. The van der Waals surface area contributed by atoms with Crippen LogP contribution in [0.1, 0.15) is 98.3 Å². The molecule has 4 heteroatoms. The Hall–Kier alpha value is -0.900. The Kier molecular flexibility index (Phi) is 7.37.